The summed E-state index contributed by atoms with van der Waals surface area (Å²) in [6, 6.07) is 1.29. The third kappa shape index (κ3) is 2.45. The molecule has 3 aliphatic rings. The minimum atomic E-state index is -0.849. The SMILES string of the molecule is Cc1nsc2c(F)c3c(cc12)CC1(C(=O)CC(=O)NC1C)[C@H]1[C@H](C)O[C@H](C)CN31. The van der Waals surface area contributed by atoms with Gasteiger partial charge >= 0.3 is 0 Å². The van der Waals surface area contributed by atoms with Crippen LogP contribution in [0.15, 0.2) is 6.07 Å². The molecule has 0 radical (unpaired) electrons. The molecule has 0 saturated carbocycles. The lowest BCUT2D eigenvalue weighted by atomic mass is 9.60. The monoisotopic (exact) mass is 417 g/mol. The van der Waals surface area contributed by atoms with Crippen LogP contribution in [-0.2, 0) is 20.7 Å². The van der Waals surface area contributed by atoms with Gasteiger partial charge < -0.3 is 15.0 Å². The van der Waals surface area contributed by atoms with Crippen LogP contribution in [0.25, 0.3) is 10.1 Å². The number of benzene rings is 1. The highest BCUT2D eigenvalue weighted by Gasteiger charge is 2.60. The van der Waals surface area contributed by atoms with Crippen molar-refractivity contribution in [2.24, 2.45) is 5.41 Å². The zero-order chi connectivity index (χ0) is 20.7. The number of morpholine rings is 1. The fourth-order valence-corrected chi connectivity index (χ4v) is 6.57. The third-order valence-electron chi connectivity index (χ3n) is 6.91. The minimum Gasteiger partial charge on any atom is -0.372 e. The van der Waals surface area contributed by atoms with E-state index < -0.39 is 5.41 Å². The van der Waals surface area contributed by atoms with Gasteiger partial charge in [0.05, 0.1) is 46.2 Å². The van der Waals surface area contributed by atoms with Crippen molar-refractivity contribution in [3.8, 4) is 0 Å². The molecule has 6 nitrogen and oxygen atoms in total. The van der Waals surface area contributed by atoms with Crippen molar-refractivity contribution < 1.29 is 18.7 Å². The lowest BCUT2D eigenvalue weighted by molar-refractivity contribution is -0.149. The molecule has 154 valence electrons. The number of carbonyl (C=O) groups is 2. The maximum atomic E-state index is 15.7. The number of ketones is 1. The van der Waals surface area contributed by atoms with E-state index in [0.717, 1.165) is 16.6 Å². The molecule has 2 fully saturated rings. The van der Waals surface area contributed by atoms with E-state index in [-0.39, 0.29) is 48.2 Å². The summed E-state index contributed by atoms with van der Waals surface area (Å²) >= 11 is 1.18. The molecule has 1 aromatic heterocycles. The molecule has 1 spiro atoms. The number of amides is 1. The Kier molecular flexibility index (Phi) is 4.06. The van der Waals surface area contributed by atoms with Crippen LogP contribution >= 0.6 is 11.5 Å². The van der Waals surface area contributed by atoms with E-state index in [1.165, 1.54) is 11.5 Å². The number of ether oxygens (including phenoxy) is 1. The average Bonchev–Trinajstić information content (AvgIpc) is 3.00. The number of aryl methyl sites for hydroxylation is 1. The van der Waals surface area contributed by atoms with E-state index in [1.807, 2.05) is 38.7 Å². The number of hydrogen-bond acceptors (Lipinski definition) is 6. The lowest BCUT2D eigenvalue weighted by Crippen LogP contribution is -2.73. The van der Waals surface area contributed by atoms with Gasteiger partial charge in [0.1, 0.15) is 0 Å². The van der Waals surface area contributed by atoms with Gasteiger partial charge in [-0.15, -0.1) is 0 Å². The first-order valence-corrected chi connectivity index (χ1v) is 10.8. The standard InChI is InChI=1S/C21H24FN3O3S/c1-9-8-25-18-13(5-14-10(2)24-29-19(14)17(18)22)7-21(20(25)11(3)28-9)12(4)23-16(27)6-15(21)26/h5,9,11-12,20H,6-8H2,1-4H3,(H,23,27)/t9-,11+,12?,20-,21?/m1/s1. The maximum Gasteiger partial charge on any atom is 0.227 e. The molecule has 1 amide bonds. The van der Waals surface area contributed by atoms with Crippen molar-refractivity contribution in [1.29, 1.82) is 0 Å². The molecular formula is C21H24FN3O3S. The van der Waals surface area contributed by atoms with Crippen molar-refractivity contribution in [2.45, 2.75) is 64.8 Å². The van der Waals surface area contributed by atoms with Crippen LogP contribution in [0.4, 0.5) is 10.1 Å². The van der Waals surface area contributed by atoms with Crippen LogP contribution in [0.1, 0.15) is 38.4 Å². The Morgan fingerprint density at radius 3 is 2.83 bits per heavy atom. The maximum absolute atomic E-state index is 15.7. The fraction of sp³-hybridized carbons (Fsp3) is 0.571. The van der Waals surface area contributed by atoms with E-state index in [4.69, 9.17) is 4.74 Å². The summed E-state index contributed by atoms with van der Waals surface area (Å²) < 4.78 is 26.7. The second kappa shape index (κ2) is 6.22. The number of rotatable bonds is 0. The number of nitrogens with zero attached hydrogens (tertiary/aromatic N) is 2. The van der Waals surface area contributed by atoms with Crippen molar-refractivity contribution in [1.82, 2.24) is 9.69 Å². The summed E-state index contributed by atoms with van der Waals surface area (Å²) in [5.74, 6) is -0.591. The first-order chi connectivity index (χ1) is 13.7. The Balaban J connectivity index is 1.78. The van der Waals surface area contributed by atoms with Gasteiger partial charge in [-0.1, -0.05) is 0 Å². The van der Waals surface area contributed by atoms with Crippen molar-refractivity contribution >= 4 is 39.0 Å². The molecule has 2 saturated heterocycles. The minimum absolute atomic E-state index is 0.0833. The summed E-state index contributed by atoms with van der Waals surface area (Å²) in [7, 11) is 0. The van der Waals surface area contributed by atoms with Gasteiger partial charge in [-0.3, -0.25) is 9.59 Å². The van der Waals surface area contributed by atoms with E-state index in [2.05, 4.69) is 9.69 Å². The number of halogens is 1. The Morgan fingerprint density at radius 1 is 1.34 bits per heavy atom. The highest BCUT2D eigenvalue weighted by molar-refractivity contribution is 7.13. The largest absolute Gasteiger partial charge is 0.372 e. The van der Waals surface area contributed by atoms with Crippen LogP contribution in [-0.4, -0.2) is 46.9 Å². The zero-order valence-electron chi connectivity index (χ0n) is 16.9. The van der Waals surface area contributed by atoms with E-state index in [0.29, 0.717) is 23.4 Å². The van der Waals surface area contributed by atoms with Crippen molar-refractivity contribution in [3.05, 3.63) is 23.1 Å². The summed E-state index contributed by atoms with van der Waals surface area (Å²) in [6.45, 7) is 8.17. The summed E-state index contributed by atoms with van der Waals surface area (Å²) in [5.41, 5.74) is 1.32. The smallest absolute Gasteiger partial charge is 0.227 e. The molecule has 5 rings (SSSR count). The molecule has 3 aliphatic heterocycles. The quantitative estimate of drug-likeness (QED) is 0.668. The first kappa shape index (κ1) is 18.9. The second-order valence-electron chi connectivity index (χ2n) is 8.70. The molecule has 0 bridgehead atoms. The molecule has 1 N–H and O–H groups in total. The Morgan fingerprint density at radius 2 is 2.10 bits per heavy atom. The van der Waals surface area contributed by atoms with Crippen molar-refractivity contribution in [2.75, 3.05) is 11.4 Å². The predicted octanol–water partition coefficient (Wildman–Crippen LogP) is 2.75. The number of anilines is 1. The first-order valence-electron chi connectivity index (χ1n) is 10.1. The third-order valence-corrected chi connectivity index (χ3v) is 7.85. The number of carbonyl (C=O) groups excluding carboxylic acids is 2. The Labute approximate surface area is 172 Å². The van der Waals surface area contributed by atoms with Gasteiger partial charge in [0.25, 0.3) is 0 Å². The fourth-order valence-electron chi connectivity index (χ4n) is 5.76. The molecule has 2 aromatic rings. The molecule has 4 heterocycles. The highest BCUT2D eigenvalue weighted by Crippen LogP contribution is 2.51. The summed E-state index contributed by atoms with van der Waals surface area (Å²) in [4.78, 5) is 27.5. The van der Waals surface area contributed by atoms with Gasteiger partial charge in [-0.05, 0) is 57.3 Å². The molecular weight excluding hydrogens is 393 g/mol. The molecule has 29 heavy (non-hydrogen) atoms. The van der Waals surface area contributed by atoms with E-state index >= 15 is 4.39 Å². The van der Waals surface area contributed by atoms with E-state index in [9.17, 15) is 9.59 Å². The summed E-state index contributed by atoms with van der Waals surface area (Å²) in [5, 5.41) is 3.78. The predicted molar refractivity (Wildman–Crippen MR) is 109 cm³/mol. The Bertz CT molecular complexity index is 1050. The molecule has 8 heteroatoms. The van der Waals surface area contributed by atoms with E-state index in [1.54, 1.807) is 0 Å². The summed E-state index contributed by atoms with van der Waals surface area (Å²) in [6.07, 6.45) is -0.123. The van der Waals surface area contributed by atoms with Crippen LogP contribution < -0.4 is 10.2 Å². The number of piperidine rings is 1. The van der Waals surface area contributed by atoms with Gasteiger partial charge in [-0.25, -0.2) is 4.39 Å². The zero-order valence-corrected chi connectivity index (χ0v) is 17.7. The second-order valence-corrected chi connectivity index (χ2v) is 9.47. The van der Waals surface area contributed by atoms with Crippen LogP contribution in [0.3, 0.4) is 0 Å². The molecule has 1 aromatic carbocycles. The number of nitrogens with one attached hydrogen (secondary N) is 1. The van der Waals surface area contributed by atoms with Gasteiger partial charge in [-0.2, -0.15) is 4.37 Å². The topological polar surface area (TPSA) is 71.5 Å². The van der Waals surface area contributed by atoms with Crippen molar-refractivity contribution in [3.63, 3.8) is 0 Å². The van der Waals surface area contributed by atoms with Crippen LogP contribution in [0.5, 0.6) is 0 Å². The lowest BCUT2D eigenvalue weighted by Gasteiger charge is -2.58. The van der Waals surface area contributed by atoms with Gasteiger partial charge in [0.15, 0.2) is 11.6 Å². The normalized spacial score (nSPS) is 34.3. The molecule has 2 unspecified atom stereocenters. The van der Waals surface area contributed by atoms with Crippen LogP contribution in [0.2, 0.25) is 0 Å². The number of Topliss-reactive ketones (excluding diaryl/α,β-unsaturated/α-hetero) is 1. The average molecular weight is 418 g/mol. The highest BCUT2D eigenvalue weighted by atomic mass is 32.1. The number of aromatic nitrogens is 1. The number of hydrogen-bond donors (Lipinski definition) is 1. The number of fused-ring (bicyclic) bond motifs is 5. The van der Waals surface area contributed by atoms with Gasteiger partial charge in [0.2, 0.25) is 5.91 Å². The molecule has 5 atom stereocenters. The molecule has 0 aliphatic carbocycles. The Hall–Kier alpha value is -2.06. The van der Waals surface area contributed by atoms with Crippen LogP contribution in [0, 0.1) is 18.2 Å². The van der Waals surface area contributed by atoms with Gasteiger partial charge in [0, 0.05) is 18.0 Å².